The van der Waals surface area contributed by atoms with Gasteiger partial charge in [-0.05, 0) is 49.6 Å². The normalized spacial score (nSPS) is 23.5. The third-order valence-electron chi connectivity index (χ3n) is 5.11. The van der Waals surface area contributed by atoms with Crippen LogP contribution in [0.3, 0.4) is 0 Å². The van der Waals surface area contributed by atoms with Gasteiger partial charge in [-0.3, -0.25) is 4.79 Å². The smallest absolute Gasteiger partial charge is 0.233 e. The van der Waals surface area contributed by atoms with Crippen molar-refractivity contribution >= 4 is 5.91 Å². The number of hydrogen-bond acceptors (Lipinski definition) is 2. The number of carbonyl (C=O) groups is 1. The molecule has 130 valence electrons. The van der Waals surface area contributed by atoms with Crippen LogP contribution < -0.4 is 0 Å². The molecule has 0 radical (unpaired) electrons. The van der Waals surface area contributed by atoms with Crippen LogP contribution >= 0.6 is 0 Å². The average molecular weight is 328 g/mol. The molecule has 5 nitrogen and oxygen atoms in total. The molecule has 0 aliphatic heterocycles. The summed E-state index contributed by atoms with van der Waals surface area (Å²) in [6.45, 7) is 9.67. The Kier molecular flexibility index (Phi) is 5.89. The predicted octanol–water partition coefficient (Wildman–Crippen LogP) is 4.54. The lowest BCUT2D eigenvalue weighted by Gasteiger charge is -2.28. The Hall–Kier alpha value is -2.00. The van der Waals surface area contributed by atoms with Crippen molar-refractivity contribution < 1.29 is 4.79 Å². The zero-order valence-electron chi connectivity index (χ0n) is 15.1. The molecule has 0 heterocycles. The molecule has 24 heavy (non-hydrogen) atoms. The van der Waals surface area contributed by atoms with Crippen molar-refractivity contribution in [3.8, 4) is 0 Å². The van der Waals surface area contributed by atoms with Crippen LogP contribution in [-0.4, -0.2) is 29.9 Å². The van der Waals surface area contributed by atoms with Gasteiger partial charge < -0.3 is 4.90 Å². The lowest BCUT2D eigenvalue weighted by atomic mass is 9.87. The first-order chi connectivity index (χ1) is 11.5. The van der Waals surface area contributed by atoms with Crippen molar-refractivity contribution in [1.82, 2.24) is 4.90 Å². The van der Waals surface area contributed by atoms with Gasteiger partial charge in [0.25, 0.3) is 0 Å². The number of benzene rings is 1. The molecule has 0 N–H and O–H groups in total. The van der Waals surface area contributed by atoms with Gasteiger partial charge in [-0.2, -0.15) is 0 Å². The van der Waals surface area contributed by atoms with Crippen LogP contribution in [0.15, 0.2) is 35.4 Å². The van der Waals surface area contributed by atoms with Gasteiger partial charge in [0.2, 0.25) is 5.91 Å². The largest absolute Gasteiger partial charge is 0.342 e. The van der Waals surface area contributed by atoms with Crippen LogP contribution in [-0.2, 0) is 10.2 Å². The fourth-order valence-corrected chi connectivity index (χ4v) is 3.82. The molecule has 2 rings (SSSR count). The first-order valence-corrected chi connectivity index (χ1v) is 8.90. The minimum Gasteiger partial charge on any atom is -0.342 e. The topological polar surface area (TPSA) is 69.1 Å². The van der Waals surface area contributed by atoms with Crippen LogP contribution in [0.5, 0.6) is 0 Å². The molecular weight excluding hydrogens is 300 g/mol. The van der Waals surface area contributed by atoms with Crippen molar-refractivity contribution in [1.29, 1.82) is 0 Å². The van der Waals surface area contributed by atoms with Crippen LogP contribution in [0.1, 0.15) is 46.1 Å². The summed E-state index contributed by atoms with van der Waals surface area (Å²) in [6.07, 6.45) is 1.58. The minimum atomic E-state index is -0.527. The molecule has 1 aliphatic carbocycles. The molecule has 1 saturated carbocycles. The summed E-state index contributed by atoms with van der Waals surface area (Å²) in [4.78, 5) is 18.2. The lowest BCUT2D eigenvalue weighted by molar-refractivity contribution is -0.134. The quantitative estimate of drug-likeness (QED) is 0.392. The van der Waals surface area contributed by atoms with Gasteiger partial charge in [0.05, 0.1) is 5.41 Å². The van der Waals surface area contributed by atoms with Gasteiger partial charge in [-0.25, -0.2) is 0 Å². The maximum Gasteiger partial charge on any atom is 0.233 e. The third kappa shape index (κ3) is 3.41. The number of azide groups is 1. The van der Waals surface area contributed by atoms with E-state index in [1.54, 1.807) is 0 Å². The Morgan fingerprint density at radius 1 is 1.33 bits per heavy atom. The molecule has 1 aromatic carbocycles. The summed E-state index contributed by atoms with van der Waals surface area (Å²) in [7, 11) is 0. The third-order valence-corrected chi connectivity index (χ3v) is 5.11. The molecule has 1 fully saturated rings. The number of likely N-dealkylation sites (N-methyl/N-ethyl adjacent to an activating group) is 1. The molecule has 1 aliphatic rings. The maximum absolute atomic E-state index is 13.3. The molecule has 0 saturated heterocycles. The summed E-state index contributed by atoms with van der Waals surface area (Å²) >= 11 is 0. The van der Waals surface area contributed by atoms with Gasteiger partial charge >= 0.3 is 0 Å². The van der Waals surface area contributed by atoms with E-state index in [0.29, 0.717) is 19.0 Å². The lowest BCUT2D eigenvalue weighted by Crippen LogP contribution is -2.41. The van der Waals surface area contributed by atoms with E-state index in [-0.39, 0.29) is 17.9 Å². The Balaban J connectivity index is 2.40. The molecule has 0 spiro atoms. The number of hydrogen-bond donors (Lipinski definition) is 0. The highest BCUT2D eigenvalue weighted by Gasteiger charge is 2.64. The first kappa shape index (κ1) is 18.3. The highest BCUT2D eigenvalue weighted by Crippen LogP contribution is 2.58. The monoisotopic (exact) mass is 328 g/mol. The molecular formula is C19H28N4O. The summed E-state index contributed by atoms with van der Waals surface area (Å²) in [5, 5.41) is 4.05. The Labute approximate surface area is 144 Å². The second kappa shape index (κ2) is 7.71. The summed E-state index contributed by atoms with van der Waals surface area (Å²) in [6, 6.07) is 9.86. The van der Waals surface area contributed by atoms with Crippen LogP contribution in [0.25, 0.3) is 10.4 Å². The van der Waals surface area contributed by atoms with E-state index in [4.69, 9.17) is 5.53 Å². The van der Waals surface area contributed by atoms with Gasteiger partial charge in [-0.1, -0.05) is 49.3 Å². The van der Waals surface area contributed by atoms with E-state index in [1.807, 2.05) is 49.1 Å². The number of amides is 1. The van der Waals surface area contributed by atoms with Gasteiger partial charge in [0.15, 0.2) is 0 Å². The second-order valence-electron chi connectivity index (χ2n) is 7.03. The summed E-state index contributed by atoms with van der Waals surface area (Å²) < 4.78 is 0. The highest BCUT2D eigenvalue weighted by molar-refractivity contribution is 5.92. The van der Waals surface area contributed by atoms with E-state index in [2.05, 4.69) is 23.9 Å². The molecule has 1 aromatic rings. The molecule has 5 heteroatoms. The Morgan fingerprint density at radius 3 is 2.46 bits per heavy atom. The SMILES string of the molecule is CCN(CC)C(=O)[C@@]1(c2ccccc2)C[C@H]1[C@H](CC(C)C)N=[N+]=[N-]. The summed E-state index contributed by atoms with van der Waals surface area (Å²) in [5.41, 5.74) is 9.49. The van der Waals surface area contributed by atoms with Crippen molar-refractivity contribution in [3.63, 3.8) is 0 Å². The zero-order valence-corrected chi connectivity index (χ0v) is 15.1. The van der Waals surface area contributed by atoms with Gasteiger partial charge in [-0.15, -0.1) is 0 Å². The molecule has 1 amide bonds. The van der Waals surface area contributed by atoms with E-state index in [0.717, 1.165) is 18.4 Å². The number of nitrogens with zero attached hydrogens (tertiary/aromatic N) is 4. The van der Waals surface area contributed by atoms with E-state index in [9.17, 15) is 4.79 Å². The van der Waals surface area contributed by atoms with E-state index >= 15 is 0 Å². The molecule has 0 unspecified atom stereocenters. The highest BCUT2D eigenvalue weighted by atomic mass is 16.2. The predicted molar refractivity (Wildman–Crippen MR) is 96.5 cm³/mol. The van der Waals surface area contributed by atoms with Crippen molar-refractivity contribution in [3.05, 3.63) is 46.3 Å². The Morgan fingerprint density at radius 2 is 1.96 bits per heavy atom. The van der Waals surface area contributed by atoms with Crippen molar-refractivity contribution in [2.45, 2.75) is 52.0 Å². The fraction of sp³-hybridized carbons (Fsp3) is 0.632. The fourth-order valence-electron chi connectivity index (χ4n) is 3.82. The Bertz CT molecular complexity index is 605. The van der Waals surface area contributed by atoms with E-state index in [1.165, 1.54) is 0 Å². The molecule has 3 atom stereocenters. The van der Waals surface area contributed by atoms with Crippen molar-refractivity contribution in [2.24, 2.45) is 17.0 Å². The first-order valence-electron chi connectivity index (χ1n) is 8.90. The van der Waals surface area contributed by atoms with Gasteiger partial charge in [0, 0.05) is 24.0 Å². The summed E-state index contributed by atoms with van der Waals surface area (Å²) in [5.74, 6) is 0.690. The van der Waals surface area contributed by atoms with E-state index < -0.39 is 5.41 Å². The molecule has 0 aromatic heterocycles. The zero-order chi connectivity index (χ0) is 17.7. The average Bonchev–Trinajstić information content (AvgIpc) is 3.33. The molecule has 0 bridgehead atoms. The van der Waals surface area contributed by atoms with Gasteiger partial charge in [0.1, 0.15) is 0 Å². The standard InChI is InChI=1S/C19H28N4O/c1-5-23(6-2)18(24)19(15-10-8-7-9-11-15)13-16(19)17(21-22-20)12-14(3)4/h7-11,14,16-17H,5-6,12-13H2,1-4H3/t16-,17-,19+/m0/s1. The maximum atomic E-state index is 13.3. The van der Waals surface area contributed by atoms with Crippen LogP contribution in [0.2, 0.25) is 0 Å². The van der Waals surface area contributed by atoms with Crippen LogP contribution in [0.4, 0.5) is 0 Å². The van der Waals surface area contributed by atoms with Crippen LogP contribution in [0, 0.1) is 11.8 Å². The minimum absolute atomic E-state index is 0.0892. The number of rotatable bonds is 8. The second-order valence-corrected chi connectivity index (χ2v) is 7.03. The van der Waals surface area contributed by atoms with Crippen molar-refractivity contribution in [2.75, 3.05) is 13.1 Å². The number of carbonyl (C=O) groups excluding carboxylic acids is 1.